The zero-order chi connectivity index (χ0) is 14.3. The van der Waals surface area contributed by atoms with Gasteiger partial charge in [-0.2, -0.15) is 0 Å². The molecule has 0 amide bonds. The van der Waals surface area contributed by atoms with E-state index in [-0.39, 0.29) is 11.5 Å². The van der Waals surface area contributed by atoms with Crippen LogP contribution in [-0.4, -0.2) is 13.7 Å². The largest absolute Gasteiger partial charge is 0.492 e. The Morgan fingerprint density at radius 1 is 1.25 bits per heavy atom. The molecule has 1 aliphatic heterocycles. The molecule has 20 heavy (non-hydrogen) atoms. The zero-order valence-electron chi connectivity index (χ0n) is 12.5. The Morgan fingerprint density at radius 2 is 2.05 bits per heavy atom. The van der Waals surface area contributed by atoms with Crippen molar-refractivity contribution in [3.63, 3.8) is 0 Å². The normalized spacial score (nSPS) is 17.6. The summed E-state index contributed by atoms with van der Waals surface area (Å²) in [4.78, 5) is 0. The van der Waals surface area contributed by atoms with Gasteiger partial charge in [0.2, 0.25) is 0 Å². The molecule has 2 aromatic rings. The lowest BCUT2D eigenvalue weighted by molar-refractivity contribution is 0.291. The molecule has 0 radical (unpaired) electrons. The van der Waals surface area contributed by atoms with E-state index in [1.54, 1.807) is 6.26 Å². The van der Waals surface area contributed by atoms with Crippen LogP contribution < -0.4 is 10.1 Å². The minimum absolute atomic E-state index is 0.0713. The first-order valence-corrected chi connectivity index (χ1v) is 7.01. The average Bonchev–Trinajstić information content (AvgIpc) is 2.96. The molecular weight excluding hydrogens is 250 g/mol. The third kappa shape index (κ3) is 2.02. The second-order valence-electron chi connectivity index (χ2n) is 6.12. The van der Waals surface area contributed by atoms with Crippen LogP contribution in [0, 0.1) is 6.92 Å². The number of ether oxygens (including phenoxy) is 1. The van der Waals surface area contributed by atoms with E-state index in [1.807, 2.05) is 13.1 Å². The van der Waals surface area contributed by atoms with E-state index in [1.165, 1.54) is 16.7 Å². The maximum absolute atomic E-state index is 5.75. The van der Waals surface area contributed by atoms with Crippen LogP contribution in [0.2, 0.25) is 0 Å². The molecule has 2 heterocycles. The average molecular weight is 271 g/mol. The third-order valence-electron chi connectivity index (χ3n) is 4.11. The highest BCUT2D eigenvalue weighted by Crippen LogP contribution is 2.40. The van der Waals surface area contributed by atoms with Crippen molar-refractivity contribution in [2.24, 2.45) is 0 Å². The summed E-state index contributed by atoms with van der Waals surface area (Å²) in [6.07, 6.45) is 1.75. The van der Waals surface area contributed by atoms with Crippen molar-refractivity contribution in [1.29, 1.82) is 0 Å². The van der Waals surface area contributed by atoms with Crippen molar-refractivity contribution >= 4 is 0 Å². The van der Waals surface area contributed by atoms with Gasteiger partial charge in [-0.25, -0.2) is 0 Å². The molecule has 0 saturated heterocycles. The van der Waals surface area contributed by atoms with Gasteiger partial charge in [0.1, 0.15) is 11.5 Å². The molecule has 106 valence electrons. The number of nitrogens with one attached hydrogen (secondary N) is 1. The van der Waals surface area contributed by atoms with Crippen LogP contribution >= 0.6 is 0 Å². The summed E-state index contributed by atoms with van der Waals surface area (Å²) in [6, 6.07) is 8.50. The number of fused-ring (bicyclic) bond motifs is 1. The minimum atomic E-state index is 0.0713. The Bertz CT molecular complexity index is 628. The number of benzene rings is 1. The molecule has 3 nitrogen and oxygen atoms in total. The summed E-state index contributed by atoms with van der Waals surface area (Å²) in [5.74, 6) is 1.98. The van der Waals surface area contributed by atoms with Crippen molar-refractivity contribution < 1.29 is 9.15 Å². The quantitative estimate of drug-likeness (QED) is 0.926. The molecule has 0 aliphatic carbocycles. The van der Waals surface area contributed by atoms with Crippen molar-refractivity contribution in [2.75, 3.05) is 13.7 Å². The fourth-order valence-corrected chi connectivity index (χ4v) is 2.85. The van der Waals surface area contributed by atoms with E-state index < -0.39 is 0 Å². The van der Waals surface area contributed by atoms with Crippen LogP contribution in [0.5, 0.6) is 5.75 Å². The van der Waals surface area contributed by atoms with E-state index in [2.05, 4.69) is 44.3 Å². The summed E-state index contributed by atoms with van der Waals surface area (Å²) in [5, 5.41) is 3.35. The smallest absolute Gasteiger partial charge is 0.128 e. The number of rotatable bonds is 3. The van der Waals surface area contributed by atoms with Gasteiger partial charge in [0.25, 0.3) is 0 Å². The SMILES string of the molecule is CNC(c1ccc2c(c1)C(C)(C)CO2)c1occc1C. The van der Waals surface area contributed by atoms with Gasteiger partial charge in [0.05, 0.1) is 18.9 Å². The first-order valence-electron chi connectivity index (χ1n) is 7.01. The molecule has 0 fully saturated rings. The fourth-order valence-electron chi connectivity index (χ4n) is 2.85. The van der Waals surface area contributed by atoms with E-state index >= 15 is 0 Å². The van der Waals surface area contributed by atoms with Gasteiger partial charge in [-0.3, -0.25) is 0 Å². The maximum atomic E-state index is 5.75. The standard InChI is InChI=1S/C17H21NO2/c1-11-7-8-19-16(11)15(18-4)12-5-6-14-13(9-12)17(2,3)10-20-14/h5-9,15,18H,10H2,1-4H3. The number of hydrogen-bond donors (Lipinski definition) is 1. The van der Waals surface area contributed by atoms with Crippen LogP contribution in [0.25, 0.3) is 0 Å². The van der Waals surface area contributed by atoms with Gasteiger partial charge in [-0.15, -0.1) is 0 Å². The van der Waals surface area contributed by atoms with E-state index in [0.717, 1.165) is 18.1 Å². The Kier molecular flexibility index (Phi) is 3.09. The highest BCUT2D eigenvalue weighted by Gasteiger charge is 2.32. The second-order valence-corrected chi connectivity index (χ2v) is 6.12. The summed E-state index contributed by atoms with van der Waals surface area (Å²) in [7, 11) is 1.96. The molecule has 1 atom stereocenters. The monoisotopic (exact) mass is 271 g/mol. The van der Waals surface area contributed by atoms with Crippen molar-refractivity contribution in [3.8, 4) is 5.75 Å². The Balaban J connectivity index is 2.04. The van der Waals surface area contributed by atoms with Gasteiger partial charge < -0.3 is 14.5 Å². The van der Waals surface area contributed by atoms with Crippen LogP contribution in [0.4, 0.5) is 0 Å². The van der Waals surface area contributed by atoms with Crippen molar-refractivity contribution in [1.82, 2.24) is 5.32 Å². The third-order valence-corrected chi connectivity index (χ3v) is 4.11. The number of aryl methyl sites for hydroxylation is 1. The molecule has 0 bridgehead atoms. The molecule has 1 aromatic heterocycles. The molecular formula is C17H21NO2. The van der Waals surface area contributed by atoms with Crippen LogP contribution in [-0.2, 0) is 5.41 Å². The lowest BCUT2D eigenvalue weighted by Gasteiger charge is -2.19. The molecule has 0 spiro atoms. The molecule has 1 N–H and O–H groups in total. The summed E-state index contributed by atoms with van der Waals surface area (Å²) < 4.78 is 11.4. The zero-order valence-corrected chi connectivity index (χ0v) is 12.5. The van der Waals surface area contributed by atoms with E-state index in [4.69, 9.17) is 9.15 Å². The molecule has 1 unspecified atom stereocenters. The predicted octanol–water partition coefficient (Wildman–Crippen LogP) is 3.57. The Hall–Kier alpha value is -1.74. The predicted molar refractivity (Wildman–Crippen MR) is 79.3 cm³/mol. The van der Waals surface area contributed by atoms with Gasteiger partial charge in [-0.05, 0) is 43.3 Å². The molecule has 3 heteroatoms. The van der Waals surface area contributed by atoms with E-state index in [0.29, 0.717) is 0 Å². The van der Waals surface area contributed by atoms with Crippen molar-refractivity contribution in [2.45, 2.75) is 32.2 Å². The fraction of sp³-hybridized carbons (Fsp3) is 0.412. The molecule has 1 aliphatic rings. The Labute approximate surface area is 119 Å². The second kappa shape index (κ2) is 4.67. The topological polar surface area (TPSA) is 34.4 Å². The van der Waals surface area contributed by atoms with Gasteiger partial charge in [0.15, 0.2) is 0 Å². The first-order chi connectivity index (χ1) is 9.53. The van der Waals surface area contributed by atoms with Gasteiger partial charge in [-0.1, -0.05) is 19.9 Å². The van der Waals surface area contributed by atoms with Crippen LogP contribution in [0.1, 0.15) is 42.3 Å². The Morgan fingerprint density at radius 3 is 2.70 bits per heavy atom. The lowest BCUT2D eigenvalue weighted by Crippen LogP contribution is -2.20. The highest BCUT2D eigenvalue weighted by atomic mass is 16.5. The van der Waals surface area contributed by atoms with Crippen LogP contribution in [0.3, 0.4) is 0 Å². The summed E-state index contributed by atoms with van der Waals surface area (Å²) in [6.45, 7) is 7.25. The summed E-state index contributed by atoms with van der Waals surface area (Å²) >= 11 is 0. The molecule has 3 rings (SSSR count). The maximum Gasteiger partial charge on any atom is 0.128 e. The van der Waals surface area contributed by atoms with E-state index in [9.17, 15) is 0 Å². The first kappa shape index (κ1) is 13.3. The van der Waals surface area contributed by atoms with Crippen LogP contribution in [0.15, 0.2) is 34.9 Å². The van der Waals surface area contributed by atoms with Gasteiger partial charge >= 0.3 is 0 Å². The number of furan rings is 1. The molecule has 1 aromatic carbocycles. The molecule has 0 saturated carbocycles. The highest BCUT2D eigenvalue weighted by molar-refractivity contribution is 5.47. The number of hydrogen-bond acceptors (Lipinski definition) is 3. The lowest BCUT2D eigenvalue weighted by atomic mass is 9.85. The van der Waals surface area contributed by atoms with Crippen molar-refractivity contribution in [3.05, 3.63) is 53.0 Å². The van der Waals surface area contributed by atoms with Gasteiger partial charge in [0, 0.05) is 11.0 Å². The summed E-state index contributed by atoms with van der Waals surface area (Å²) in [5.41, 5.74) is 3.73. The minimum Gasteiger partial charge on any atom is -0.492 e.